The van der Waals surface area contributed by atoms with E-state index in [2.05, 4.69) is 10.2 Å². The third-order valence-electron chi connectivity index (χ3n) is 3.28. The maximum absolute atomic E-state index is 11.8. The highest BCUT2D eigenvalue weighted by atomic mass is 16.5. The first-order valence-electron chi connectivity index (χ1n) is 6.57. The summed E-state index contributed by atoms with van der Waals surface area (Å²) in [5.74, 6) is 0.516. The molecule has 1 aliphatic rings. The number of anilines is 1. The summed E-state index contributed by atoms with van der Waals surface area (Å²) < 4.78 is 5.48. The third kappa shape index (κ3) is 3.05. The molecule has 1 aromatic rings. The summed E-state index contributed by atoms with van der Waals surface area (Å²) >= 11 is 0. The molecule has 1 aliphatic heterocycles. The van der Waals surface area contributed by atoms with Crippen molar-refractivity contribution in [2.45, 2.75) is 19.1 Å². The maximum atomic E-state index is 11.8. The van der Waals surface area contributed by atoms with Crippen LogP contribution in [0, 0.1) is 0 Å². The number of hydrogen-bond acceptors (Lipinski definition) is 6. The lowest BCUT2D eigenvalue weighted by Crippen LogP contribution is -2.50. The molecule has 1 N–H and O–H groups in total. The Bertz CT molecular complexity index is 463. The molecule has 2 atom stereocenters. The number of amides is 1. The Kier molecular flexibility index (Phi) is 4.51. The van der Waals surface area contributed by atoms with Gasteiger partial charge in [0.1, 0.15) is 0 Å². The highest BCUT2D eigenvalue weighted by Gasteiger charge is 2.27. The summed E-state index contributed by atoms with van der Waals surface area (Å²) in [7, 11) is 3.35. The molecule has 110 valence electrons. The summed E-state index contributed by atoms with van der Waals surface area (Å²) in [4.78, 5) is 15.2. The van der Waals surface area contributed by atoms with Gasteiger partial charge in [0, 0.05) is 20.6 Å². The fourth-order valence-corrected chi connectivity index (χ4v) is 2.07. The van der Waals surface area contributed by atoms with E-state index < -0.39 is 0 Å². The largest absolute Gasteiger partial charge is 0.394 e. The summed E-state index contributed by atoms with van der Waals surface area (Å²) in [6.07, 6.45) is -0.212. The van der Waals surface area contributed by atoms with Crippen molar-refractivity contribution >= 4 is 11.7 Å². The van der Waals surface area contributed by atoms with Crippen LogP contribution in [-0.4, -0.2) is 72.1 Å². The van der Waals surface area contributed by atoms with Crippen LogP contribution in [0.2, 0.25) is 0 Å². The predicted molar refractivity (Wildman–Crippen MR) is 73.7 cm³/mol. The van der Waals surface area contributed by atoms with Crippen LogP contribution in [0.25, 0.3) is 0 Å². The van der Waals surface area contributed by atoms with E-state index in [9.17, 15) is 9.90 Å². The van der Waals surface area contributed by atoms with Crippen molar-refractivity contribution in [1.82, 2.24) is 15.1 Å². The molecular weight excluding hydrogens is 260 g/mol. The summed E-state index contributed by atoms with van der Waals surface area (Å²) in [6.45, 7) is 3.10. The molecular formula is C13H20N4O3. The van der Waals surface area contributed by atoms with Crippen molar-refractivity contribution in [3.8, 4) is 0 Å². The molecule has 2 unspecified atom stereocenters. The lowest BCUT2D eigenvalue weighted by atomic mass is 10.2. The van der Waals surface area contributed by atoms with Gasteiger partial charge in [0.15, 0.2) is 11.5 Å². The zero-order chi connectivity index (χ0) is 14.7. The van der Waals surface area contributed by atoms with Gasteiger partial charge in [-0.05, 0) is 19.1 Å². The van der Waals surface area contributed by atoms with Crippen LogP contribution in [-0.2, 0) is 4.74 Å². The SMILES string of the molecule is CC1COC(CO)CN1c1ccc(C(=O)N(C)C)nn1. The molecule has 1 aromatic heterocycles. The number of hydrogen-bond donors (Lipinski definition) is 1. The Morgan fingerprint density at radius 3 is 2.80 bits per heavy atom. The van der Waals surface area contributed by atoms with E-state index >= 15 is 0 Å². The summed E-state index contributed by atoms with van der Waals surface area (Å²) in [5.41, 5.74) is 0.318. The van der Waals surface area contributed by atoms with Crippen LogP contribution in [0.5, 0.6) is 0 Å². The lowest BCUT2D eigenvalue weighted by molar-refractivity contribution is -0.0106. The number of carbonyl (C=O) groups excluding carboxylic acids is 1. The average Bonchev–Trinajstić information content (AvgIpc) is 2.47. The molecule has 1 fully saturated rings. The Hall–Kier alpha value is -1.73. The van der Waals surface area contributed by atoms with Gasteiger partial charge in [0.05, 0.1) is 25.4 Å². The number of ether oxygens (including phenoxy) is 1. The van der Waals surface area contributed by atoms with Crippen LogP contribution < -0.4 is 4.90 Å². The number of rotatable bonds is 3. The molecule has 7 nitrogen and oxygen atoms in total. The zero-order valence-corrected chi connectivity index (χ0v) is 12.0. The van der Waals surface area contributed by atoms with E-state index in [1.807, 2.05) is 11.8 Å². The second kappa shape index (κ2) is 6.15. The first-order chi connectivity index (χ1) is 9.52. The Morgan fingerprint density at radius 2 is 2.25 bits per heavy atom. The van der Waals surface area contributed by atoms with Crippen LogP contribution in [0.4, 0.5) is 5.82 Å². The van der Waals surface area contributed by atoms with Crippen molar-refractivity contribution in [2.75, 3.05) is 38.8 Å². The fraction of sp³-hybridized carbons (Fsp3) is 0.615. The normalized spacial score (nSPS) is 22.7. The molecule has 2 heterocycles. The first-order valence-corrected chi connectivity index (χ1v) is 6.57. The molecule has 0 bridgehead atoms. The maximum Gasteiger partial charge on any atom is 0.273 e. The van der Waals surface area contributed by atoms with Crippen LogP contribution in [0.15, 0.2) is 12.1 Å². The van der Waals surface area contributed by atoms with Crippen molar-refractivity contribution in [1.29, 1.82) is 0 Å². The number of morpholine rings is 1. The van der Waals surface area contributed by atoms with Gasteiger partial charge in [0.25, 0.3) is 5.91 Å². The van der Waals surface area contributed by atoms with Crippen molar-refractivity contribution in [3.63, 3.8) is 0 Å². The van der Waals surface area contributed by atoms with Gasteiger partial charge in [-0.3, -0.25) is 4.79 Å². The standard InChI is InChI=1S/C13H20N4O3/c1-9-8-20-10(7-18)6-17(9)12-5-4-11(14-15-12)13(19)16(2)3/h4-5,9-10,18H,6-8H2,1-3H3. The van der Waals surface area contributed by atoms with Crippen molar-refractivity contribution in [2.24, 2.45) is 0 Å². The minimum atomic E-state index is -0.212. The molecule has 0 spiro atoms. The van der Waals surface area contributed by atoms with Crippen LogP contribution in [0.1, 0.15) is 17.4 Å². The Labute approximate surface area is 118 Å². The van der Waals surface area contributed by atoms with Gasteiger partial charge in [0.2, 0.25) is 0 Å². The van der Waals surface area contributed by atoms with E-state index in [0.29, 0.717) is 24.7 Å². The molecule has 0 saturated carbocycles. The number of nitrogens with zero attached hydrogens (tertiary/aromatic N) is 4. The molecule has 1 saturated heterocycles. The van der Waals surface area contributed by atoms with Gasteiger partial charge in [-0.1, -0.05) is 0 Å². The fourth-order valence-electron chi connectivity index (χ4n) is 2.07. The highest BCUT2D eigenvalue weighted by molar-refractivity contribution is 5.91. The van der Waals surface area contributed by atoms with Gasteiger partial charge in [-0.2, -0.15) is 0 Å². The Balaban J connectivity index is 2.14. The van der Waals surface area contributed by atoms with Crippen LogP contribution in [0.3, 0.4) is 0 Å². The van der Waals surface area contributed by atoms with Gasteiger partial charge >= 0.3 is 0 Å². The second-order valence-corrected chi connectivity index (χ2v) is 5.12. The lowest BCUT2D eigenvalue weighted by Gasteiger charge is -2.37. The molecule has 7 heteroatoms. The minimum absolute atomic E-state index is 0.0200. The molecule has 0 aliphatic carbocycles. The van der Waals surface area contributed by atoms with Crippen LogP contribution >= 0.6 is 0 Å². The monoisotopic (exact) mass is 280 g/mol. The quantitative estimate of drug-likeness (QED) is 0.823. The number of aliphatic hydroxyl groups excluding tert-OH is 1. The van der Waals surface area contributed by atoms with E-state index in [1.54, 1.807) is 26.2 Å². The molecule has 20 heavy (non-hydrogen) atoms. The predicted octanol–water partition coefficient (Wildman–Crippen LogP) is -0.236. The van der Waals surface area contributed by atoms with E-state index in [4.69, 9.17) is 4.74 Å². The van der Waals surface area contributed by atoms with E-state index in [1.165, 1.54) is 4.90 Å². The minimum Gasteiger partial charge on any atom is -0.394 e. The van der Waals surface area contributed by atoms with E-state index in [0.717, 1.165) is 0 Å². The smallest absolute Gasteiger partial charge is 0.273 e. The molecule has 1 amide bonds. The van der Waals surface area contributed by atoms with Crippen molar-refractivity contribution in [3.05, 3.63) is 17.8 Å². The first kappa shape index (κ1) is 14.7. The average molecular weight is 280 g/mol. The molecule has 2 rings (SSSR count). The number of carbonyl (C=O) groups is 1. The second-order valence-electron chi connectivity index (χ2n) is 5.12. The topological polar surface area (TPSA) is 78.8 Å². The highest BCUT2D eigenvalue weighted by Crippen LogP contribution is 2.19. The van der Waals surface area contributed by atoms with Gasteiger partial charge in [-0.15, -0.1) is 10.2 Å². The number of aliphatic hydroxyl groups is 1. The zero-order valence-electron chi connectivity index (χ0n) is 12.0. The third-order valence-corrected chi connectivity index (χ3v) is 3.28. The van der Waals surface area contributed by atoms with Crippen molar-refractivity contribution < 1.29 is 14.6 Å². The molecule has 0 aromatic carbocycles. The molecule has 0 radical (unpaired) electrons. The van der Waals surface area contributed by atoms with Gasteiger partial charge < -0.3 is 19.6 Å². The van der Waals surface area contributed by atoms with E-state index in [-0.39, 0.29) is 24.7 Å². The summed E-state index contributed by atoms with van der Waals surface area (Å²) in [6, 6.07) is 3.60. The summed E-state index contributed by atoms with van der Waals surface area (Å²) in [5, 5.41) is 17.3. The Morgan fingerprint density at radius 1 is 1.50 bits per heavy atom. The van der Waals surface area contributed by atoms with Gasteiger partial charge in [-0.25, -0.2) is 0 Å². The number of aromatic nitrogens is 2.